The van der Waals surface area contributed by atoms with E-state index in [-0.39, 0.29) is 12.5 Å². The first-order chi connectivity index (χ1) is 7.20. The highest BCUT2D eigenvalue weighted by molar-refractivity contribution is 7.12. The largest absolute Gasteiger partial charge is 0.325 e. The van der Waals surface area contributed by atoms with Gasteiger partial charge >= 0.3 is 0 Å². The molecule has 3 nitrogen and oxygen atoms in total. The molecule has 80 valence electrons. The smallest absolute Gasteiger partial charge is 0.266 e. The van der Waals surface area contributed by atoms with Gasteiger partial charge in [-0.2, -0.15) is 5.26 Å². The van der Waals surface area contributed by atoms with Crippen molar-refractivity contribution in [2.24, 2.45) is 0 Å². The minimum atomic E-state index is -0.154. The van der Waals surface area contributed by atoms with Crippen molar-refractivity contribution in [3.05, 3.63) is 21.3 Å². The van der Waals surface area contributed by atoms with E-state index in [1.165, 1.54) is 16.2 Å². The zero-order chi connectivity index (χ0) is 11.3. The van der Waals surface area contributed by atoms with Crippen molar-refractivity contribution >= 4 is 28.8 Å². The van der Waals surface area contributed by atoms with Crippen LogP contribution in [0.1, 0.15) is 23.0 Å². The van der Waals surface area contributed by atoms with Gasteiger partial charge in [-0.05, 0) is 17.9 Å². The lowest BCUT2D eigenvalue weighted by atomic mass is 10.3. The van der Waals surface area contributed by atoms with Gasteiger partial charge in [-0.25, -0.2) is 0 Å². The van der Waals surface area contributed by atoms with Gasteiger partial charge in [-0.15, -0.1) is 11.3 Å². The van der Waals surface area contributed by atoms with Crippen LogP contribution in [-0.2, 0) is 0 Å². The highest BCUT2D eigenvalue weighted by Crippen LogP contribution is 2.23. The van der Waals surface area contributed by atoms with Crippen LogP contribution in [0.5, 0.6) is 0 Å². The van der Waals surface area contributed by atoms with Gasteiger partial charge in [-0.1, -0.05) is 18.5 Å². The normalized spacial score (nSPS) is 9.67. The topological polar surface area (TPSA) is 44.1 Å². The molecule has 0 aliphatic carbocycles. The van der Waals surface area contributed by atoms with Crippen molar-refractivity contribution in [2.75, 3.05) is 13.1 Å². The number of thiophene rings is 1. The van der Waals surface area contributed by atoms with Crippen LogP contribution < -0.4 is 0 Å². The molecule has 0 unspecified atom stereocenters. The average Bonchev–Trinajstić information content (AvgIpc) is 2.63. The number of nitriles is 1. The van der Waals surface area contributed by atoms with Gasteiger partial charge in [0.1, 0.15) is 11.4 Å². The van der Waals surface area contributed by atoms with Gasteiger partial charge in [0.25, 0.3) is 5.91 Å². The Morgan fingerprint density at radius 2 is 2.47 bits per heavy atom. The van der Waals surface area contributed by atoms with E-state index >= 15 is 0 Å². The molecule has 0 bridgehead atoms. The third kappa shape index (κ3) is 2.95. The van der Waals surface area contributed by atoms with Crippen molar-refractivity contribution < 1.29 is 4.79 Å². The first-order valence-electron chi connectivity index (χ1n) is 4.60. The number of nitrogens with zero attached hydrogens (tertiary/aromatic N) is 2. The molecule has 0 aliphatic heterocycles. The van der Waals surface area contributed by atoms with E-state index in [9.17, 15) is 4.79 Å². The zero-order valence-electron chi connectivity index (χ0n) is 8.36. The van der Waals surface area contributed by atoms with Gasteiger partial charge in [-0.3, -0.25) is 4.79 Å². The molecule has 0 atom stereocenters. The summed E-state index contributed by atoms with van der Waals surface area (Å²) in [5.41, 5.74) is 0. The number of carbonyl (C=O) groups is 1. The van der Waals surface area contributed by atoms with Crippen molar-refractivity contribution in [3.8, 4) is 6.07 Å². The Bertz CT molecular complexity index is 383. The van der Waals surface area contributed by atoms with Crippen molar-refractivity contribution in [1.29, 1.82) is 5.26 Å². The number of hydrogen-bond acceptors (Lipinski definition) is 3. The number of halogens is 1. The summed E-state index contributed by atoms with van der Waals surface area (Å²) in [6, 6.07) is 3.67. The van der Waals surface area contributed by atoms with Gasteiger partial charge in [0, 0.05) is 6.54 Å². The predicted octanol–water partition coefficient (Wildman–Crippen LogP) is 2.78. The van der Waals surface area contributed by atoms with Gasteiger partial charge < -0.3 is 4.90 Å². The van der Waals surface area contributed by atoms with E-state index in [0.29, 0.717) is 16.4 Å². The zero-order valence-corrected chi connectivity index (χ0v) is 9.94. The molecule has 0 spiro atoms. The summed E-state index contributed by atoms with van der Waals surface area (Å²) < 4.78 is 0. The van der Waals surface area contributed by atoms with Crippen molar-refractivity contribution in [1.82, 2.24) is 4.90 Å². The van der Waals surface area contributed by atoms with Crippen LogP contribution >= 0.6 is 22.9 Å². The average molecular weight is 243 g/mol. The summed E-state index contributed by atoms with van der Waals surface area (Å²) in [7, 11) is 0. The number of carbonyl (C=O) groups excluding carboxylic acids is 1. The number of rotatable bonds is 4. The first kappa shape index (κ1) is 12.0. The Labute approximate surface area is 97.9 Å². The summed E-state index contributed by atoms with van der Waals surface area (Å²) in [5.74, 6) is -0.154. The van der Waals surface area contributed by atoms with E-state index in [1.807, 2.05) is 13.0 Å². The molecule has 0 aliphatic rings. The van der Waals surface area contributed by atoms with E-state index in [0.717, 1.165) is 6.42 Å². The Hall–Kier alpha value is -1.05. The van der Waals surface area contributed by atoms with Gasteiger partial charge in [0.15, 0.2) is 0 Å². The van der Waals surface area contributed by atoms with Crippen LogP contribution in [0, 0.1) is 11.3 Å². The van der Waals surface area contributed by atoms with Gasteiger partial charge in [0.2, 0.25) is 0 Å². The molecule has 1 aromatic rings. The second-order valence-electron chi connectivity index (χ2n) is 2.98. The van der Waals surface area contributed by atoms with Crippen LogP contribution in [0.3, 0.4) is 0 Å². The monoisotopic (exact) mass is 242 g/mol. The van der Waals surface area contributed by atoms with E-state index in [4.69, 9.17) is 16.9 Å². The Morgan fingerprint density at radius 1 is 1.73 bits per heavy atom. The molecule has 0 fully saturated rings. The third-order valence-corrected chi connectivity index (χ3v) is 3.18. The van der Waals surface area contributed by atoms with Crippen LogP contribution in [0.15, 0.2) is 11.4 Å². The lowest BCUT2D eigenvalue weighted by Crippen LogP contribution is -2.31. The summed E-state index contributed by atoms with van der Waals surface area (Å²) in [6.07, 6.45) is 0.830. The van der Waals surface area contributed by atoms with Crippen LogP contribution in [-0.4, -0.2) is 23.9 Å². The minimum Gasteiger partial charge on any atom is -0.325 e. The van der Waals surface area contributed by atoms with Crippen molar-refractivity contribution in [2.45, 2.75) is 13.3 Å². The molecular weight excluding hydrogens is 232 g/mol. The number of amides is 1. The fourth-order valence-electron chi connectivity index (χ4n) is 1.20. The standard InChI is InChI=1S/C10H11ClN2OS/c1-2-5-13(6-4-12)10(14)9-8(11)3-7-15-9/h3,7H,2,5-6H2,1H3. The fourth-order valence-corrected chi connectivity index (χ4v) is 2.30. The molecule has 0 radical (unpaired) electrons. The van der Waals surface area contributed by atoms with E-state index in [2.05, 4.69) is 0 Å². The molecule has 15 heavy (non-hydrogen) atoms. The lowest BCUT2D eigenvalue weighted by molar-refractivity contribution is 0.0781. The van der Waals surface area contributed by atoms with E-state index in [1.54, 1.807) is 11.4 Å². The molecule has 5 heteroatoms. The Balaban J connectivity index is 2.81. The molecule has 1 aromatic heterocycles. The Morgan fingerprint density at radius 3 is 2.93 bits per heavy atom. The molecule has 0 N–H and O–H groups in total. The molecule has 1 rings (SSSR count). The van der Waals surface area contributed by atoms with E-state index < -0.39 is 0 Å². The summed E-state index contributed by atoms with van der Waals surface area (Å²) in [4.78, 5) is 13.9. The predicted molar refractivity (Wildman–Crippen MR) is 61.1 cm³/mol. The van der Waals surface area contributed by atoms with Crippen LogP contribution in [0.2, 0.25) is 5.02 Å². The van der Waals surface area contributed by atoms with Crippen LogP contribution in [0.25, 0.3) is 0 Å². The summed E-state index contributed by atoms with van der Waals surface area (Å²) in [5, 5.41) is 10.8. The molecule has 0 aromatic carbocycles. The summed E-state index contributed by atoms with van der Waals surface area (Å²) >= 11 is 7.16. The number of hydrogen-bond donors (Lipinski definition) is 0. The second kappa shape index (κ2) is 5.74. The maximum Gasteiger partial charge on any atom is 0.266 e. The second-order valence-corrected chi connectivity index (χ2v) is 4.31. The highest BCUT2D eigenvalue weighted by Gasteiger charge is 2.18. The maximum atomic E-state index is 11.9. The van der Waals surface area contributed by atoms with Crippen molar-refractivity contribution in [3.63, 3.8) is 0 Å². The van der Waals surface area contributed by atoms with Gasteiger partial charge in [0.05, 0.1) is 11.1 Å². The SMILES string of the molecule is CCCN(CC#N)C(=O)c1sccc1Cl. The Kier molecular flexibility index (Phi) is 4.60. The first-order valence-corrected chi connectivity index (χ1v) is 5.85. The quantitative estimate of drug-likeness (QED) is 0.762. The molecule has 1 heterocycles. The summed E-state index contributed by atoms with van der Waals surface area (Å²) in [6.45, 7) is 2.66. The lowest BCUT2D eigenvalue weighted by Gasteiger charge is -2.17. The molecular formula is C10H11ClN2OS. The fraction of sp³-hybridized carbons (Fsp3) is 0.400. The molecule has 0 saturated heterocycles. The third-order valence-electron chi connectivity index (χ3n) is 1.85. The molecule has 0 saturated carbocycles. The molecule has 1 amide bonds. The maximum absolute atomic E-state index is 11.9. The highest BCUT2D eigenvalue weighted by atomic mass is 35.5. The van der Waals surface area contributed by atoms with Crippen LogP contribution in [0.4, 0.5) is 0 Å². The minimum absolute atomic E-state index is 0.112.